The Morgan fingerprint density at radius 3 is 2.75 bits per heavy atom. The molecule has 1 saturated carbocycles. The monoisotopic (exact) mass is 280 g/mol. The lowest BCUT2D eigenvalue weighted by Crippen LogP contribution is -2.43. The normalized spacial score (nSPS) is 32.2. The second-order valence-corrected chi connectivity index (χ2v) is 6.11. The van der Waals surface area contributed by atoms with Crippen LogP contribution < -0.4 is 0 Å². The summed E-state index contributed by atoms with van der Waals surface area (Å²) in [5.74, 6) is 0. The van der Waals surface area contributed by atoms with Crippen molar-refractivity contribution >= 4 is 15.9 Å². The molecule has 2 heteroatoms. The van der Waals surface area contributed by atoms with Gasteiger partial charge in [0.15, 0.2) is 0 Å². The largest absolute Gasteiger partial charge is 0.381 e. The summed E-state index contributed by atoms with van der Waals surface area (Å²) in [5.41, 5.74) is 3.64. The third-order valence-corrected chi connectivity index (χ3v) is 4.89. The summed E-state index contributed by atoms with van der Waals surface area (Å²) in [4.78, 5) is 0. The van der Waals surface area contributed by atoms with Crippen molar-refractivity contribution in [2.75, 3.05) is 7.11 Å². The van der Waals surface area contributed by atoms with Crippen molar-refractivity contribution in [2.24, 2.45) is 0 Å². The van der Waals surface area contributed by atoms with Crippen LogP contribution in [0.2, 0.25) is 0 Å². The Labute approximate surface area is 105 Å². The van der Waals surface area contributed by atoms with Crippen LogP contribution in [0.25, 0.3) is 0 Å². The van der Waals surface area contributed by atoms with Gasteiger partial charge in [-0.25, -0.2) is 0 Å². The van der Waals surface area contributed by atoms with E-state index in [1.54, 1.807) is 11.1 Å². The van der Waals surface area contributed by atoms with Gasteiger partial charge in [-0.2, -0.15) is 0 Å². The Morgan fingerprint density at radius 1 is 1.31 bits per heavy atom. The average molecular weight is 281 g/mol. The van der Waals surface area contributed by atoms with E-state index in [1.165, 1.54) is 36.6 Å². The van der Waals surface area contributed by atoms with Gasteiger partial charge in [0.25, 0.3) is 0 Å². The number of methoxy groups -OCH3 is 1. The summed E-state index contributed by atoms with van der Waals surface area (Å²) in [6, 6.07) is 6.76. The molecular formula is C14H17BrO. The van der Waals surface area contributed by atoms with Gasteiger partial charge in [0, 0.05) is 11.6 Å². The van der Waals surface area contributed by atoms with Crippen LogP contribution in [0.15, 0.2) is 22.7 Å². The maximum Gasteiger partial charge on any atom is 0.0572 e. The van der Waals surface area contributed by atoms with E-state index in [9.17, 15) is 0 Å². The fourth-order valence-electron chi connectivity index (χ4n) is 3.38. The summed E-state index contributed by atoms with van der Waals surface area (Å²) in [6.45, 7) is 0. The third kappa shape index (κ3) is 1.54. The van der Waals surface area contributed by atoms with E-state index < -0.39 is 0 Å². The number of hydrogen-bond donors (Lipinski definition) is 0. The van der Waals surface area contributed by atoms with Crippen LogP contribution in [0.5, 0.6) is 0 Å². The molecule has 0 bridgehead atoms. The maximum absolute atomic E-state index is 5.46. The molecule has 1 spiro atoms. The van der Waals surface area contributed by atoms with E-state index in [0.29, 0.717) is 11.5 Å². The topological polar surface area (TPSA) is 9.23 Å². The molecule has 0 saturated heterocycles. The van der Waals surface area contributed by atoms with E-state index in [-0.39, 0.29) is 0 Å². The molecule has 0 amide bonds. The van der Waals surface area contributed by atoms with Crippen molar-refractivity contribution in [3.63, 3.8) is 0 Å². The summed E-state index contributed by atoms with van der Waals surface area (Å²) < 4.78 is 6.68. The number of ether oxygens (including phenoxy) is 1. The van der Waals surface area contributed by atoms with Gasteiger partial charge >= 0.3 is 0 Å². The Morgan fingerprint density at radius 2 is 2.06 bits per heavy atom. The molecule has 1 aromatic carbocycles. The minimum absolute atomic E-state index is 0.494. The molecule has 1 nitrogen and oxygen atoms in total. The van der Waals surface area contributed by atoms with Gasteiger partial charge in [-0.05, 0) is 60.8 Å². The van der Waals surface area contributed by atoms with Crippen molar-refractivity contribution in [3.8, 4) is 0 Å². The first-order valence-corrected chi connectivity index (χ1v) is 6.84. The van der Waals surface area contributed by atoms with E-state index in [4.69, 9.17) is 4.74 Å². The standard InChI is InChI=1S/C14H17BrO/c1-16-12-4-6-14(7-5-12)9-10-2-3-11(15)8-13(10)14/h2-3,8,12H,4-7,9H2,1H3. The predicted octanol–water partition coefficient (Wildman–Crippen LogP) is 3.83. The van der Waals surface area contributed by atoms with Crippen LogP contribution in [-0.4, -0.2) is 13.2 Å². The lowest BCUT2D eigenvalue weighted by molar-refractivity contribution is 0.0433. The molecule has 0 aromatic heterocycles. The molecule has 2 aliphatic carbocycles. The zero-order chi connectivity index (χ0) is 11.2. The summed E-state index contributed by atoms with van der Waals surface area (Å²) in [7, 11) is 1.84. The molecule has 86 valence electrons. The minimum Gasteiger partial charge on any atom is -0.381 e. The lowest BCUT2D eigenvalue weighted by Gasteiger charge is -2.48. The van der Waals surface area contributed by atoms with Gasteiger partial charge < -0.3 is 4.74 Å². The van der Waals surface area contributed by atoms with Crippen LogP contribution in [0.3, 0.4) is 0 Å². The molecule has 0 atom stereocenters. The first-order chi connectivity index (χ1) is 7.73. The highest BCUT2D eigenvalue weighted by atomic mass is 79.9. The highest BCUT2D eigenvalue weighted by Crippen LogP contribution is 2.51. The molecule has 2 aliphatic rings. The van der Waals surface area contributed by atoms with Gasteiger partial charge in [-0.15, -0.1) is 0 Å². The predicted molar refractivity (Wildman–Crippen MR) is 68.8 cm³/mol. The van der Waals surface area contributed by atoms with Crippen molar-refractivity contribution in [3.05, 3.63) is 33.8 Å². The van der Waals surface area contributed by atoms with Crippen LogP contribution in [0.4, 0.5) is 0 Å². The number of rotatable bonds is 1. The fourth-order valence-corrected chi connectivity index (χ4v) is 3.74. The molecule has 3 rings (SSSR count). The second kappa shape index (κ2) is 3.85. The molecule has 1 fully saturated rings. The zero-order valence-electron chi connectivity index (χ0n) is 9.63. The molecule has 0 N–H and O–H groups in total. The number of fused-ring (bicyclic) bond motifs is 2. The molecular weight excluding hydrogens is 264 g/mol. The van der Waals surface area contributed by atoms with E-state index >= 15 is 0 Å². The quantitative estimate of drug-likeness (QED) is 0.760. The molecule has 0 aliphatic heterocycles. The SMILES string of the molecule is COC1CCC2(CC1)Cc1ccc(Br)cc12. The van der Waals surface area contributed by atoms with Crippen molar-refractivity contribution in [2.45, 2.75) is 43.6 Å². The van der Waals surface area contributed by atoms with E-state index in [0.717, 1.165) is 0 Å². The van der Waals surface area contributed by atoms with Crippen LogP contribution >= 0.6 is 15.9 Å². The molecule has 0 heterocycles. The highest BCUT2D eigenvalue weighted by Gasteiger charge is 2.44. The summed E-state index contributed by atoms with van der Waals surface area (Å²) in [5, 5.41) is 0. The van der Waals surface area contributed by atoms with Crippen LogP contribution in [0, 0.1) is 0 Å². The number of benzene rings is 1. The Balaban J connectivity index is 1.83. The van der Waals surface area contributed by atoms with Crippen molar-refractivity contribution < 1.29 is 4.74 Å². The lowest BCUT2D eigenvalue weighted by atomic mass is 9.57. The number of hydrogen-bond acceptors (Lipinski definition) is 1. The third-order valence-electron chi connectivity index (χ3n) is 4.40. The number of halogens is 1. The first-order valence-electron chi connectivity index (χ1n) is 6.05. The second-order valence-electron chi connectivity index (χ2n) is 5.19. The molecule has 0 unspecified atom stereocenters. The fraction of sp³-hybridized carbons (Fsp3) is 0.571. The van der Waals surface area contributed by atoms with Gasteiger partial charge in [0.2, 0.25) is 0 Å². The van der Waals surface area contributed by atoms with Crippen LogP contribution in [0.1, 0.15) is 36.8 Å². The zero-order valence-corrected chi connectivity index (χ0v) is 11.2. The first kappa shape index (κ1) is 10.8. The molecule has 1 aromatic rings. The smallest absolute Gasteiger partial charge is 0.0572 e. The molecule has 0 radical (unpaired) electrons. The Hall–Kier alpha value is -0.340. The van der Waals surface area contributed by atoms with Crippen molar-refractivity contribution in [1.29, 1.82) is 0 Å². The summed E-state index contributed by atoms with van der Waals surface area (Å²) >= 11 is 3.58. The van der Waals surface area contributed by atoms with Crippen molar-refractivity contribution in [1.82, 2.24) is 0 Å². The molecule has 16 heavy (non-hydrogen) atoms. The van der Waals surface area contributed by atoms with Gasteiger partial charge in [0.1, 0.15) is 0 Å². The summed E-state index contributed by atoms with van der Waals surface area (Å²) in [6.07, 6.45) is 6.84. The Kier molecular flexibility index (Phi) is 2.60. The van der Waals surface area contributed by atoms with Gasteiger partial charge in [0.05, 0.1) is 6.10 Å². The van der Waals surface area contributed by atoms with E-state index in [1.807, 2.05) is 7.11 Å². The van der Waals surface area contributed by atoms with Gasteiger partial charge in [-0.1, -0.05) is 22.0 Å². The highest BCUT2D eigenvalue weighted by molar-refractivity contribution is 9.10. The van der Waals surface area contributed by atoms with Crippen LogP contribution in [-0.2, 0) is 16.6 Å². The average Bonchev–Trinajstić information content (AvgIpc) is 2.31. The van der Waals surface area contributed by atoms with E-state index in [2.05, 4.69) is 34.1 Å². The van der Waals surface area contributed by atoms with Gasteiger partial charge in [-0.3, -0.25) is 0 Å². The Bertz CT molecular complexity index is 405. The minimum atomic E-state index is 0.494. The maximum atomic E-state index is 5.46.